The van der Waals surface area contributed by atoms with Gasteiger partial charge in [0.2, 0.25) is 0 Å². The van der Waals surface area contributed by atoms with Crippen LogP contribution in [0.15, 0.2) is 40.4 Å². The van der Waals surface area contributed by atoms with Gasteiger partial charge in [0.05, 0.1) is 11.9 Å². The molecule has 1 aliphatic rings. The molecule has 2 aromatic heterocycles. The molecule has 0 saturated carbocycles. The van der Waals surface area contributed by atoms with E-state index in [1.165, 1.54) is 23.0 Å². The Morgan fingerprint density at radius 2 is 2.07 bits per heavy atom. The SMILES string of the molecule is CN=Cc1c(N2CCC[C@H](N)C2)n(-c2ccc(F)cc2)c2c(=O)n(C)cnc12. The second-order valence-electron chi connectivity index (χ2n) is 7.14. The molecule has 1 aliphatic heterocycles. The van der Waals surface area contributed by atoms with E-state index in [4.69, 9.17) is 5.73 Å². The van der Waals surface area contributed by atoms with Crippen LogP contribution in [-0.2, 0) is 7.05 Å². The standard InChI is InChI=1S/C20H23FN6O/c1-23-10-16-17-18(20(28)25(2)12-24-17)27(15-7-5-13(21)6-8-15)19(16)26-9-3-4-14(22)11-26/h5-8,10,12,14H,3-4,9,11,22H2,1-2H3/t14-/m0/s1. The zero-order chi connectivity index (χ0) is 19.8. The molecule has 0 aliphatic carbocycles. The fraction of sp³-hybridized carbons (Fsp3) is 0.350. The van der Waals surface area contributed by atoms with Crippen molar-refractivity contribution < 1.29 is 4.39 Å². The number of nitrogens with zero attached hydrogens (tertiary/aromatic N) is 5. The monoisotopic (exact) mass is 382 g/mol. The minimum Gasteiger partial charge on any atom is -0.356 e. The molecule has 2 N–H and O–H groups in total. The van der Waals surface area contributed by atoms with Crippen molar-refractivity contribution in [2.24, 2.45) is 17.8 Å². The highest BCUT2D eigenvalue weighted by Crippen LogP contribution is 2.34. The Morgan fingerprint density at radius 1 is 1.32 bits per heavy atom. The Bertz CT molecular complexity index is 1100. The third kappa shape index (κ3) is 2.99. The van der Waals surface area contributed by atoms with Crippen molar-refractivity contribution >= 4 is 23.1 Å². The maximum absolute atomic E-state index is 13.6. The summed E-state index contributed by atoms with van der Waals surface area (Å²) in [4.78, 5) is 23.9. The zero-order valence-electron chi connectivity index (χ0n) is 16.0. The van der Waals surface area contributed by atoms with Crippen LogP contribution >= 0.6 is 0 Å². The number of rotatable bonds is 3. The van der Waals surface area contributed by atoms with E-state index in [9.17, 15) is 9.18 Å². The van der Waals surface area contributed by atoms with Crippen molar-refractivity contribution in [2.75, 3.05) is 25.0 Å². The van der Waals surface area contributed by atoms with Crippen LogP contribution in [0, 0.1) is 5.82 Å². The lowest BCUT2D eigenvalue weighted by molar-refractivity contribution is 0.502. The molecule has 8 heteroatoms. The molecule has 1 fully saturated rings. The van der Waals surface area contributed by atoms with Gasteiger partial charge < -0.3 is 15.2 Å². The van der Waals surface area contributed by atoms with Crippen LogP contribution < -0.4 is 16.2 Å². The first-order chi connectivity index (χ1) is 13.5. The molecule has 28 heavy (non-hydrogen) atoms. The summed E-state index contributed by atoms with van der Waals surface area (Å²) in [6, 6.07) is 6.17. The summed E-state index contributed by atoms with van der Waals surface area (Å²) < 4.78 is 16.9. The molecule has 0 bridgehead atoms. The molecule has 0 unspecified atom stereocenters. The first kappa shape index (κ1) is 18.4. The van der Waals surface area contributed by atoms with Gasteiger partial charge in [-0.2, -0.15) is 0 Å². The fourth-order valence-electron chi connectivity index (χ4n) is 3.86. The third-order valence-electron chi connectivity index (χ3n) is 5.14. The number of aryl methyl sites for hydroxylation is 1. The quantitative estimate of drug-likeness (QED) is 0.701. The topological polar surface area (TPSA) is 81.4 Å². The molecular formula is C20H23FN6O. The summed E-state index contributed by atoms with van der Waals surface area (Å²) >= 11 is 0. The second kappa shape index (κ2) is 7.20. The van der Waals surface area contributed by atoms with Gasteiger partial charge in [0.15, 0.2) is 0 Å². The number of aromatic nitrogens is 3. The van der Waals surface area contributed by atoms with Crippen molar-refractivity contribution in [3.05, 3.63) is 52.3 Å². The molecule has 146 valence electrons. The van der Waals surface area contributed by atoms with Crippen molar-refractivity contribution in [3.63, 3.8) is 0 Å². The van der Waals surface area contributed by atoms with Crippen LogP contribution in [0.3, 0.4) is 0 Å². The first-order valence-corrected chi connectivity index (χ1v) is 9.30. The van der Waals surface area contributed by atoms with E-state index in [0.29, 0.717) is 23.3 Å². The van der Waals surface area contributed by atoms with E-state index in [-0.39, 0.29) is 17.4 Å². The van der Waals surface area contributed by atoms with Gasteiger partial charge in [-0.1, -0.05) is 0 Å². The number of aliphatic imine (C=N–C) groups is 1. The van der Waals surface area contributed by atoms with Crippen molar-refractivity contribution in [1.82, 2.24) is 14.1 Å². The Balaban J connectivity index is 2.11. The van der Waals surface area contributed by atoms with E-state index < -0.39 is 0 Å². The lowest BCUT2D eigenvalue weighted by Gasteiger charge is -2.33. The minimum atomic E-state index is -0.330. The number of piperidine rings is 1. The maximum Gasteiger partial charge on any atom is 0.278 e. The largest absolute Gasteiger partial charge is 0.356 e. The number of benzene rings is 1. The summed E-state index contributed by atoms with van der Waals surface area (Å²) in [6.45, 7) is 1.48. The highest BCUT2D eigenvalue weighted by molar-refractivity contribution is 6.04. The Labute approximate surface area is 161 Å². The van der Waals surface area contributed by atoms with Crippen LogP contribution in [0.25, 0.3) is 16.7 Å². The predicted molar refractivity (Wildman–Crippen MR) is 109 cm³/mol. The van der Waals surface area contributed by atoms with Crippen molar-refractivity contribution in [2.45, 2.75) is 18.9 Å². The zero-order valence-corrected chi connectivity index (χ0v) is 16.0. The number of anilines is 1. The number of halogens is 1. The second-order valence-corrected chi connectivity index (χ2v) is 7.14. The van der Waals surface area contributed by atoms with Crippen LogP contribution in [0.4, 0.5) is 10.2 Å². The molecule has 3 heterocycles. The highest BCUT2D eigenvalue weighted by atomic mass is 19.1. The number of nitrogens with two attached hydrogens (primary N) is 1. The number of fused-ring (bicyclic) bond motifs is 1. The molecule has 0 amide bonds. The van der Waals surface area contributed by atoms with E-state index >= 15 is 0 Å². The van der Waals surface area contributed by atoms with Gasteiger partial charge in [-0.15, -0.1) is 0 Å². The van der Waals surface area contributed by atoms with Crippen molar-refractivity contribution in [1.29, 1.82) is 0 Å². The van der Waals surface area contributed by atoms with Crippen LogP contribution in [-0.4, -0.2) is 46.5 Å². The minimum absolute atomic E-state index is 0.0515. The molecule has 0 spiro atoms. The van der Waals surface area contributed by atoms with Crippen LogP contribution in [0.1, 0.15) is 18.4 Å². The van der Waals surface area contributed by atoms with Crippen LogP contribution in [0.5, 0.6) is 0 Å². The molecular weight excluding hydrogens is 359 g/mol. The molecule has 1 aromatic carbocycles. The van der Waals surface area contributed by atoms with E-state index in [0.717, 1.165) is 30.8 Å². The van der Waals surface area contributed by atoms with E-state index in [1.54, 1.807) is 32.4 Å². The lowest BCUT2D eigenvalue weighted by atomic mass is 10.1. The summed E-state index contributed by atoms with van der Waals surface area (Å²) in [5, 5.41) is 0. The third-order valence-corrected chi connectivity index (χ3v) is 5.14. The summed E-state index contributed by atoms with van der Waals surface area (Å²) in [5.41, 5.74) is 8.54. The predicted octanol–water partition coefficient (Wildman–Crippen LogP) is 1.84. The van der Waals surface area contributed by atoms with Gasteiger partial charge in [0.1, 0.15) is 22.7 Å². The van der Waals surface area contributed by atoms with Gasteiger partial charge >= 0.3 is 0 Å². The molecule has 0 radical (unpaired) electrons. The Morgan fingerprint density at radius 3 is 2.75 bits per heavy atom. The lowest BCUT2D eigenvalue weighted by Crippen LogP contribution is -2.44. The van der Waals surface area contributed by atoms with Gasteiger partial charge in [0, 0.05) is 45.1 Å². The molecule has 1 saturated heterocycles. The van der Waals surface area contributed by atoms with Crippen LogP contribution in [0.2, 0.25) is 0 Å². The maximum atomic E-state index is 13.6. The summed E-state index contributed by atoms with van der Waals surface area (Å²) in [6.07, 6.45) is 5.16. The Hall–Kier alpha value is -3.00. The molecule has 3 aromatic rings. The fourth-order valence-corrected chi connectivity index (χ4v) is 3.86. The molecule has 1 atom stereocenters. The van der Waals surface area contributed by atoms with E-state index in [1.807, 2.05) is 4.57 Å². The highest BCUT2D eigenvalue weighted by Gasteiger charge is 2.28. The average Bonchev–Trinajstić information content (AvgIpc) is 3.00. The summed E-state index contributed by atoms with van der Waals surface area (Å²) in [7, 11) is 3.36. The average molecular weight is 382 g/mol. The smallest absolute Gasteiger partial charge is 0.278 e. The van der Waals surface area contributed by atoms with E-state index in [2.05, 4.69) is 14.9 Å². The molecule has 7 nitrogen and oxygen atoms in total. The van der Waals surface area contributed by atoms with Gasteiger partial charge in [0.25, 0.3) is 5.56 Å². The van der Waals surface area contributed by atoms with Gasteiger partial charge in [-0.25, -0.2) is 9.37 Å². The number of hydrogen-bond acceptors (Lipinski definition) is 5. The van der Waals surface area contributed by atoms with Gasteiger partial charge in [-0.05, 0) is 37.1 Å². The first-order valence-electron chi connectivity index (χ1n) is 9.30. The normalized spacial score (nSPS) is 17.7. The van der Waals surface area contributed by atoms with Gasteiger partial charge in [-0.3, -0.25) is 14.4 Å². The summed E-state index contributed by atoms with van der Waals surface area (Å²) in [5.74, 6) is 0.487. The molecule has 4 rings (SSSR count). The number of hydrogen-bond donors (Lipinski definition) is 1. The van der Waals surface area contributed by atoms with Crippen molar-refractivity contribution in [3.8, 4) is 5.69 Å². The Kier molecular flexibility index (Phi) is 4.72.